The fourth-order valence-corrected chi connectivity index (χ4v) is 6.80. The van der Waals surface area contributed by atoms with Crippen LogP contribution >= 0.6 is 0 Å². The Balaban J connectivity index is 1.39. The van der Waals surface area contributed by atoms with Crippen molar-refractivity contribution in [3.8, 4) is 0 Å². The summed E-state index contributed by atoms with van der Waals surface area (Å²) in [6.45, 7) is 4.13. The Hall–Kier alpha value is -3.23. The van der Waals surface area contributed by atoms with E-state index in [1.165, 1.54) is 11.1 Å². The van der Waals surface area contributed by atoms with Gasteiger partial charge in [0.05, 0.1) is 12.1 Å². The van der Waals surface area contributed by atoms with Gasteiger partial charge in [-0.3, -0.25) is 19.3 Å². The predicted octanol–water partition coefficient (Wildman–Crippen LogP) is 2.83. The molecule has 2 aromatic rings. The minimum atomic E-state index is -0.612. The van der Waals surface area contributed by atoms with Gasteiger partial charge in [-0.1, -0.05) is 79.9 Å². The van der Waals surface area contributed by atoms with E-state index in [4.69, 9.17) is 0 Å². The molecule has 0 aromatic heterocycles. The molecular weight excluding hydrogens is 514 g/mol. The van der Waals surface area contributed by atoms with E-state index in [-0.39, 0.29) is 42.4 Å². The number of hydrogen-bond acceptors (Lipinski definition) is 5. The van der Waals surface area contributed by atoms with Gasteiger partial charge in [0.2, 0.25) is 17.7 Å². The van der Waals surface area contributed by atoms with Crippen molar-refractivity contribution in [2.75, 3.05) is 33.2 Å². The third kappa shape index (κ3) is 6.99. The maximum Gasteiger partial charge on any atom is 0.247 e. The van der Waals surface area contributed by atoms with Crippen molar-refractivity contribution in [2.24, 2.45) is 5.92 Å². The number of nitrogens with zero attached hydrogens (tertiary/aromatic N) is 3. The molecule has 0 radical (unpaired) electrons. The standard InChI is InChI=1S/C33H45N5O3/c1-24(34-2)32(40)35-31(27-16-10-5-11-17-27)33(41)37-23-30(39)38-28(20-26-14-8-4-9-15-26)21-36(22-29(37)38)19-18-25-12-6-3-7-13-25/h3-4,6-9,12-15,24,27-29,31,34H,5,10-11,16-23H2,1-2H3,(H,35,40)/t24-,28-,29+,31-/m0/s1. The van der Waals surface area contributed by atoms with Gasteiger partial charge in [-0.15, -0.1) is 0 Å². The average Bonchev–Trinajstić information content (AvgIpc) is 3.35. The fraction of sp³-hybridized carbons (Fsp3) is 0.545. The number of nitrogens with one attached hydrogen (secondary N) is 2. The summed E-state index contributed by atoms with van der Waals surface area (Å²) < 4.78 is 0. The third-order valence-corrected chi connectivity index (χ3v) is 9.23. The van der Waals surface area contributed by atoms with Gasteiger partial charge in [0.25, 0.3) is 0 Å². The summed E-state index contributed by atoms with van der Waals surface area (Å²) in [5.74, 6) is -0.192. The molecule has 220 valence electrons. The Kier molecular flexibility index (Phi) is 9.72. The molecule has 3 amide bonds. The minimum absolute atomic E-state index is 0.00399. The second kappa shape index (κ2) is 13.6. The van der Waals surface area contributed by atoms with Crippen LogP contribution in [0, 0.1) is 5.92 Å². The zero-order valence-corrected chi connectivity index (χ0v) is 24.5. The van der Waals surface area contributed by atoms with Crippen LogP contribution in [0.2, 0.25) is 0 Å². The van der Waals surface area contributed by atoms with Crippen molar-refractivity contribution in [1.82, 2.24) is 25.3 Å². The van der Waals surface area contributed by atoms with Gasteiger partial charge < -0.3 is 20.4 Å². The molecule has 2 N–H and O–H groups in total. The van der Waals surface area contributed by atoms with E-state index in [1.54, 1.807) is 18.9 Å². The normalized spacial score (nSPS) is 23.2. The first kappa shape index (κ1) is 29.3. The number of benzene rings is 2. The van der Waals surface area contributed by atoms with E-state index in [1.807, 2.05) is 29.2 Å². The lowest BCUT2D eigenvalue weighted by Crippen LogP contribution is -2.64. The molecule has 0 spiro atoms. The summed E-state index contributed by atoms with van der Waals surface area (Å²) >= 11 is 0. The van der Waals surface area contributed by atoms with Crippen LogP contribution in [0.1, 0.15) is 50.2 Å². The molecule has 2 heterocycles. The summed E-state index contributed by atoms with van der Waals surface area (Å²) in [6, 6.07) is 19.7. The number of carbonyl (C=O) groups is 3. The van der Waals surface area contributed by atoms with E-state index >= 15 is 0 Å². The van der Waals surface area contributed by atoms with Crippen LogP contribution in [-0.2, 0) is 27.2 Å². The highest BCUT2D eigenvalue weighted by Gasteiger charge is 2.49. The number of rotatable bonds is 10. The highest BCUT2D eigenvalue weighted by molar-refractivity contribution is 5.94. The summed E-state index contributed by atoms with van der Waals surface area (Å²) in [5, 5.41) is 6.09. The molecule has 8 nitrogen and oxygen atoms in total. The molecule has 4 atom stereocenters. The Morgan fingerprint density at radius 2 is 1.59 bits per heavy atom. The molecule has 41 heavy (non-hydrogen) atoms. The van der Waals surface area contributed by atoms with Crippen molar-refractivity contribution in [3.63, 3.8) is 0 Å². The second-order valence-electron chi connectivity index (χ2n) is 12.0. The Labute approximate surface area is 244 Å². The number of amides is 3. The fourth-order valence-electron chi connectivity index (χ4n) is 6.80. The van der Waals surface area contributed by atoms with Crippen LogP contribution in [0.4, 0.5) is 0 Å². The molecule has 3 fully saturated rings. The smallest absolute Gasteiger partial charge is 0.247 e. The lowest BCUT2D eigenvalue weighted by Gasteiger charge is -2.46. The third-order valence-electron chi connectivity index (χ3n) is 9.23. The minimum Gasteiger partial charge on any atom is -0.343 e. The highest BCUT2D eigenvalue weighted by atomic mass is 16.2. The first-order chi connectivity index (χ1) is 19.9. The molecule has 5 rings (SSSR count). The maximum absolute atomic E-state index is 14.3. The Morgan fingerprint density at radius 1 is 0.927 bits per heavy atom. The highest BCUT2D eigenvalue weighted by Crippen LogP contribution is 2.32. The summed E-state index contributed by atoms with van der Waals surface area (Å²) in [6.07, 6.45) is 6.44. The predicted molar refractivity (Wildman–Crippen MR) is 160 cm³/mol. The second-order valence-corrected chi connectivity index (χ2v) is 12.0. The van der Waals surface area contributed by atoms with Crippen LogP contribution in [0.5, 0.6) is 0 Å². The van der Waals surface area contributed by atoms with Crippen LogP contribution in [0.15, 0.2) is 60.7 Å². The SMILES string of the molecule is CN[C@@H](C)C(=O)N[C@H](C(=O)N1CC(=O)N2[C@@H](Cc3ccccc3)CN(CCc3ccccc3)C[C@H]12)C1CCCCC1. The lowest BCUT2D eigenvalue weighted by molar-refractivity contribution is -0.143. The monoisotopic (exact) mass is 559 g/mol. The van der Waals surface area contributed by atoms with Crippen molar-refractivity contribution < 1.29 is 14.4 Å². The van der Waals surface area contributed by atoms with Crippen LogP contribution in [0.25, 0.3) is 0 Å². The Morgan fingerprint density at radius 3 is 2.24 bits per heavy atom. The maximum atomic E-state index is 14.3. The van der Waals surface area contributed by atoms with Crippen molar-refractivity contribution in [3.05, 3.63) is 71.8 Å². The largest absolute Gasteiger partial charge is 0.343 e. The van der Waals surface area contributed by atoms with E-state index in [2.05, 4.69) is 51.9 Å². The Bertz CT molecular complexity index is 1170. The number of piperazine rings is 1. The van der Waals surface area contributed by atoms with Gasteiger partial charge in [0.15, 0.2) is 0 Å². The zero-order valence-electron chi connectivity index (χ0n) is 24.5. The molecular formula is C33H45N5O3. The number of carbonyl (C=O) groups excluding carboxylic acids is 3. The summed E-state index contributed by atoms with van der Waals surface area (Å²) in [5.41, 5.74) is 2.47. The van der Waals surface area contributed by atoms with E-state index in [9.17, 15) is 14.4 Å². The molecule has 0 bridgehead atoms. The van der Waals surface area contributed by atoms with Gasteiger partial charge in [-0.2, -0.15) is 0 Å². The number of hydrogen-bond donors (Lipinski definition) is 2. The molecule has 2 aromatic carbocycles. The molecule has 0 unspecified atom stereocenters. The van der Waals surface area contributed by atoms with Gasteiger partial charge in [0.1, 0.15) is 18.8 Å². The van der Waals surface area contributed by atoms with Crippen molar-refractivity contribution in [1.29, 1.82) is 0 Å². The summed E-state index contributed by atoms with van der Waals surface area (Å²) in [4.78, 5) is 47.1. The van der Waals surface area contributed by atoms with Gasteiger partial charge in [0, 0.05) is 19.6 Å². The molecule has 1 aliphatic carbocycles. The van der Waals surface area contributed by atoms with Crippen LogP contribution in [-0.4, -0.2) is 89.9 Å². The first-order valence-corrected chi connectivity index (χ1v) is 15.3. The van der Waals surface area contributed by atoms with Crippen molar-refractivity contribution in [2.45, 2.75) is 76.2 Å². The number of likely N-dealkylation sites (N-methyl/N-ethyl adjacent to an activating group) is 1. The molecule has 3 aliphatic rings. The average molecular weight is 560 g/mol. The van der Waals surface area contributed by atoms with Crippen LogP contribution < -0.4 is 10.6 Å². The quantitative estimate of drug-likeness (QED) is 0.468. The van der Waals surface area contributed by atoms with Crippen LogP contribution in [0.3, 0.4) is 0 Å². The first-order valence-electron chi connectivity index (χ1n) is 15.3. The molecule has 1 saturated carbocycles. The van der Waals surface area contributed by atoms with Gasteiger partial charge >= 0.3 is 0 Å². The zero-order chi connectivity index (χ0) is 28.8. The van der Waals surface area contributed by atoms with Gasteiger partial charge in [-0.25, -0.2) is 0 Å². The number of fused-ring (bicyclic) bond motifs is 1. The topological polar surface area (TPSA) is 85.0 Å². The van der Waals surface area contributed by atoms with E-state index in [0.717, 1.165) is 58.0 Å². The van der Waals surface area contributed by atoms with E-state index < -0.39 is 12.1 Å². The van der Waals surface area contributed by atoms with Gasteiger partial charge in [-0.05, 0) is 56.7 Å². The molecule has 8 heteroatoms. The summed E-state index contributed by atoms with van der Waals surface area (Å²) in [7, 11) is 1.75. The molecule has 2 saturated heterocycles. The molecule has 2 aliphatic heterocycles. The van der Waals surface area contributed by atoms with E-state index in [0.29, 0.717) is 6.54 Å². The van der Waals surface area contributed by atoms with Crippen molar-refractivity contribution >= 4 is 17.7 Å². The lowest BCUT2D eigenvalue weighted by atomic mass is 9.83.